The molecule has 0 bridgehead atoms. The van der Waals surface area contributed by atoms with E-state index in [9.17, 15) is 0 Å². The van der Waals surface area contributed by atoms with Crippen molar-refractivity contribution in [3.8, 4) is 43.1 Å². The van der Waals surface area contributed by atoms with E-state index in [0.29, 0.717) is 0 Å². The average molecular weight is 792 g/mol. The smallest absolute Gasteiger partial charge is 0.0726 e. The molecule has 0 aliphatic heterocycles. The van der Waals surface area contributed by atoms with Crippen LogP contribution in [0.2, 0.25) is 0 Å². The Morgan fingerprint density at radius 2 is 0.787 bits per heavy atom. The lowest BCUT2D eigenvalue weighted by molar-refractivity contribution is 0.794. The first-order valence-corrected chi connectivity index (χ1v) is 21.9. The van der Waals surface area contributed by atoms with Gasteiger partial charge in [0.15, 0.2) is 0 Å². The summed E-state index contributed by atoms with van der Waals surface area (Å²) in [6, 6.07) is 83.6. The van der Waals surface area contributed by atoms with Gasteiger partial charge < -0.3 is 4.90 Å². The predicted octanol–water partition coefficient (Wildman–Crippen LogP) is 16.4. The quantitative estimate of drug-likeness (QED) is 0.157. The summed E-state index contributed by atoms with van der Waals surface area (Å²) in [4.78, 5) is 5.05. The lowest BCUT2D eigenvalue weighted by atomic mass is 9.70. The van der Waals surface area contributed by atoms with Gasteiger partial charge in [-0.05, 0) is 113 Å². The van der Waals surface area contributed by atoms with Crippen LogP contribution in [-0.2, 0) is 5.41 Å². The van der Waals surface area contributed by atoms with Crippen LogP contribution >= 0.6 is 11.3 Å². The van der Waals surface area contributed by atoms with Gasteiger partial charge in [0.05, 0.1) is 16.8 Å². The largest absolute Gasteiger partial charge is 0.309 e. The Hall–Kier alpha value is -7.52. The molecule has 284 valence electrons. The number of thiophene rings is 1. The summed E-state index contributed by atoms with van der Waals surface area (Å²) >= 11 is 1.85. The number of para-hydroxylation sites is 1. The second-order valence-electron chi connectivity index (χ2n) is 16.3. The Morgan fingerprint density at radius 3 is 1.46 bits per heavy atom. The van der Waals surface area contributed by atoms with E-state index in [4.69, 9.17) is 0 Å². The zero-order valence-corrected chi connectivity index (χ0v) is 34.0. The van der Waals surface area contributed by atoms with Gasteiger partial charge in [-0.3, -0.25) is 0 Å². The maximum absolute atomic E-state index is 2.56. The van der Waals surface area contributed by atoms with Gasteiger partial charge in [-0.25, -0.2) is 0 Å². The molecule has 2 aliphatic rings. The fourth-order valence-electron chi connectivity index (χ4n) is 10.9. The summed E-state index contributed by atoms with van der Waals surface area (Å²) in [5, 5.41) is 7.61. The van der Waals surface area contributed by atoms with Crippen molar-refractivity contribution in [2.24, 2.45) is 0 Å². The number of benzene rings is 10. The summed E-state index contributed by atoms with van der Waals surface area (Å²) in [6.07, 6.45) is 0. The van der Waals surface area contributed by atoms with Crippen LogP contribution in [0.25, 0.3) is 75.5 Å². The summed E-state index contributed by atoms with van der Waals surface area (Å²) < 4.78 is 0. The molecule has 0 fully saturated rings. The minimum absolute atomic E-state index is 0.447. The van der Waals surface area contributed by atoms with Crippen molar-refractivity contribution in [1.29, 1.82) is 0 Å². The van der Waals surface area contributed by atoms with Crippen LogP contribution in [0.1, 0.15) is 22.3 Å². The van der Waals surface area contributed by atoms with Crippen molar-refractivity contribution < 1.29 is 0 Å². The summed E-state index contributed by atoms with van der Waals surface area (Å²) in [7, 11) is 0. The monoisotopic (exact) mass is 791 g/mol. The van der Waals surface area contributed by atoms with E-state index in [2.05, 4.69) is 229 Å². The number of hydrogen-bond acceptors (Lipinski definition) is 2. The highest BCUT2D eigenvalue weighted by Crippen LogP contribution is 2.65. The van der Waals surface area contributed by atoms with E-state index in [1.54, 1.807) is 0 Å². The molecule has 0 atom stereocenters. The molecular formula is C59H37NS. The third-order valence-corrected chi connectivity index (χ3v) is 14.5. The van der Waals surface area contributed by atoms with Gasteiger partial charge >= 0.3 is 0 Å². The van der Waals surface area contributed by atoms with E-state index in [0.717, 1.165) is 11.4 Å². The van der Waals surface area contributed by atoms with Crippen molar-refractivity contribution >= 4 is 60.7 Å². The van der Waals surface area contributed by atoms with Crippen molar-refractivity contribution in [2.45, 2.75) is 5.41 Å². The fourth-order valence-corrected chi connectivity index (χ4v) is 11.9. The Kier molecular flexibility index (Phi) is 7.46. The zero-order valence-electron chi connectivity index (χ0n) is 33.2. The Bertz CT molecular complexity index is 3480. The molecule has 2 aliphatic carbocycles. The molecule has 0 N–H and O–H groups in total. The third-order valence-electron chi connectivity index (χ3n) is 13.3. The standard InChI is InChI=1S/C59H37NS/c1-2-17-38(18-3-1)56-35-36-57(61-56)48-26-11-15-31-54(48)60(39-33-34-44-42-21-5-4-19-40(42)41-20-6-7-22-43(41)49(44)37-39)55-32-16-30-53-58(55)47-25-10-14-29-52(47)59(53)50-27-12-8-23-45(50)46-24-9-13-28-51(46)59/h1-37H. The maximum atomic E-state index is 2.56. The normalized spacial score (nSPS) is 13.0. The lowest BCUT2D eigenvalue weighted by Gasteiger charge is -2.32. The lowest BCUT2D eigenvalue weighted by Crippen LogP contribution is -2.26. The van der Waals surface area contributed by atoms with Crippen LogP contribution < -0.4 is 4.90 Å². The summed E-state index contributed by atoms with van der Waals surface area (Å²) in [6.45, 7) is 0. The molecule has 61 heavy (non-hydrogen) atoms. The Labute approximate surface area is 359 Å². The second-order valence-corrected chi connectivity index (χ2v) is 17.4. The van der Waals surface area contributed by atoms with Crippen LogP contribution in [0.5, 0.6) is 0 Å². The zero-order chi connectivity index (χ0) is 40.1. The second kappa shape index (κ2) is 13.2. The highest BCUT2D eigenvalue weighted by molar-refractivity contribution is 7.18. The first-order valence-electron chi connectivity index (χ1n) is 21.1. The highest BCUT2D eigenvalue weighted by atomic mass is 32.1. The van der Waals surface area contributed by atoms with E-state index in [-0.39, 0.29) is 0 Å². The molecule has 0 radical (unpaired) electrons. The molecule has 0 unspecified atom stereocenters. The highest BCUT2D eigenvalue weighted by Gasteiger charge is 2.52. The predicted molar refractivity (Wildman–Crippen MR) is 259 cm³/mol. The Morgan fingerprint density at radius 1 is 0.311 bits per heavy atom. The molecule has 1 aromatic heterocycles. The molecule has 0 saturated carbocycles. The molecule has 2 heteroatoms. The molecule has 13 rings (SSSR count). The van der Waals surface area contributed by atoms with Gasteiger partial charge in [0.25, 0.3) is 0 Å². The Balaban J connectivity index is 1.12. The minimum Gasteiger partial charge on any atom is -0.309 e. The first kappa shape index (κ1) is 34.4. The third kappa shape index (κ3) is 4.83. The fraction of sp³-hybridized carbons (Fsp3) is 0.0169. The van der Waals surface area contributed by atoms with Crippen molar-refractivity contribution in [1.82, 2.24) is 0 Å². The van der Waals surface area contributed by atoms with Crippen LogP contribution in [0.4, 0.5) is 17.1 Å². The van der Waals surface area contributed by atoms with Crippen LogP contribution in [0.3, 0.4) is 0 Å². The molecule has 0 saturated heterocycles. The molecular weight excluding hydrogens is 755 g/mol. The van der Waals surface area contributed by atoms with Gasteiger partial charge in [0.2, 0.25) is 0 Å². The van der Waals surface area contributed by atoms with Crippen LogP contribution in [0, 0.1) is 0 Å². The van der Waals surface area contributed by atoms with E-state index >= 15 is 0 Å². The van der Waals surface area contributed by atoms with Gasteiger partial charge in [0.1, 0.15) is 0 Å². The van der Waals surface area contributed by atoms with Gasteiger partial charge in [-0.15, -0.1) is 11.3 Å². The van der Waals surface area contributed by atoms with Crippen molar-refractivity contribution in [3.63, 3.8) is 0 Å². The number of anilines is 3. The summed E-state index contributed by atoms with van der Waals surface area (Å²) in [5.74, 6) is 0. The number of fused-ring (bicyclic) bond motifs is 16. The summed E-state index contributed by atoms with van der Waals surface area (Å²) in [5.41, 5.74) is 16.0. The van der Waals surface area contributed by atoms with Gasteiger partial charge in [-0.1, -0.05) is 188 Å². The number of rotatable bonds is 5. The number of hydrogen-bond donors (Lipinski definition) is 0. The van der Waals surface area contributed by atoms with E-state index in [1.807, 2.05) is 11.3 Å². The van der Waals surface area contributed by atoms with E-state index in [1.165, 1.54) is 103 Å². The van der Waals surface area contributed by atoms with Crippen molar-refractivity contribution in [2.75, 3.05) is 4.90 Å². The van der Waals surface area contributed by atoms with Gasteiger partial charge in [0, 0.05) is 26.6 Å². The average Bonchev–Trinajstić information content (AvgIpc) is 4.03. The van der Waals surface area contributed by atoms with Crippen molar-refractivity contribution in [3.05, 3.63) is 247 Å². The number of nitrogens with zero attached hydrogens (tertiary/aromatic N) is 1. The van der Waals surface area contributed by atoms with Crippen LogP contribution in [-0.4, -0.2) is 0 Å². The first-order chi connectivity index (χ1) is 30.3. The molecule has 11 aromatic rings. The van der Waals surface area contributed by atoms with Crippen LogP contribution in [0.15, 0.2) is 224 Å². The molecule has 1 heterocycles. The molecule has 1 spiro atoms. The van der Waals surface area contributed by atoms with Gasteiger partial charge in [-0.2, -0.15) is 0 Å². The molecule has 1 nitrogen and oxygen atoms in total. The maximum Gasteiger partial charge on any atom is 0.0726 e. The SMILES string of the molecule is c1ccc(-c2ccc(-c3ccccc3N(c3ccc4c5ccccc5c5ccccc5c4c3)c3cccc4c3-c3ccccc3C43c4ccccc4-c4ccccc43)s2)cc1. The topological polar surface area (TPSA) is 3.24 Å². The minimum atomic E-state index is -0.447. The van der Waals surface area contributed by atoms with E-state index < -0.39 is 5.41 Å². The molecule has 10 aromatic carbocycles. The molecule has 0 amide bonds.